The molecular formula is C7H13N3O2. The molecular weight excluding hydrogens is 158 g/mol. The Morgan fingerprint density at radius 3 is 2.42 bits per heavy atom. The van der Waals surface area contributed by atoms with E-state index >= 15 is 0 Å². The summed E-state index contributed by atoms with van der Waals surface area (Å²) in [5.41, 5.74) is 5.52. The molecule has 0 aromatic heterocycles. The van der Waals surface area contributed by atoms with Crippen LogP contribution in [-0.2, 0) is 9.53 Å². The van der Waals surface area contributed by atoms with Crippen molar-refractivity contribution in [3.63, 3.8) is 0 Å². The number of esters is 1. The predicted octanol–water partition coefficient (Wildman–Crippen LogP) is -0.103. The number of ether oxygens (including phenoxy) is 1. The smallest absolute Gasteiger partial charge is 0.340 e. The number of nitrogens with zero attached hydrogens (tertiary/aromatic N) is 2. The van der Waals surface area contributed by atoms with Gasteiger partial charge in [-0.1, -0.05) is 6.58 Å². The zero-order valence-corrected chi connectivity index (χ0v) is 7.50. The van der Waals surface area contributed by atoms with Crippen LogP contribution in [0.3, 0.4) is 0 Å². The van der Waals surface area contributed by atoms with Gasteiger partial charge in [0.05, 0.1) is 0 Å². The van der Waals surface area contributed by atoms with E-state index in [1.54, 1.807) is 14.1 Å². The Morgan fingerprint density at radius 2 is 2.08 bits per heavy atom. The molecule has 0 radical (unpaired) electrons. The first-order valence-electron chi connectivity index (χ1n) is 3.32. The van der Waals surface area contributed by atoms with Crippen molar-refractivity contribution in [3.8, 4) is 0 Å². The Morgan fingerprint density at radius 1 is 1.58 bits per heavy atom. The fourth-order valence-electron chi connectivity index (χ4n) is 0.400. The zero-order chi connectivity index (χ0) is 9.72. The van der Waals surface area contributed by atoms with E-state index in [0.29, 0.717) is 0 Å². The number of hydrazone groups is 1. The summed E-state index contributed by atoms with van der Waals surface area (Å²) in [5, 5.41) is 5.07. The summed E-state index contributed by atoms with van der Waals surface area (Å²) in [7, 11) is 3.34. The van der Waals surface area contributed by atoms with E-state index < -0.39 is 5.97 Å². The van der Waals surface area contributed by atoms with Gasteiger partial charge >= 0.3 is 12.0 Å². The molecule has 0 aliphatic heterocycles. The minimum atomic E-state index is -0.571. The molecule has 0 rings (SSSR count). The molecule has 0 heterocycles. The average Bonchev–Trinajstić information content (AvgIpc) is 1.84. The maximum absolute atomic E-state index is 10.8. The molecule has 5 nitrogen and oxygen atoms in total. The molecule has 0 aromatic rings. The minimum absolute atomic E-state index is 0.187. The second kappa shape index (κ2) is 4.38. The fourth-order valence-corrected chi connectivity index (χ4v) is 0.400. The molecule has 0 fully saturated rings. The van der Waals surface area contributed by atoms with Gasteiger partial charge in [0.25, 0.3) is 0 Å². The molecule has 0 spiro atoms. The highest BCUT2D eigenvalue weighted by atomic mass is 16.6. The van der Waals surface area contributed by atoms with Crippen molar-refractivity contribution in [2.75, 3.05) is 14.1 Å². The number of carbonyl (C=O) groups is 1. The van der Waals surface area contributed by atoms with Crippen LogP contribution in [0, 0.1) is 0 Å². The van der Waals surface area contributed by atoms with Crippen LogP contribution in [0.4, 0.5) is 0 Å². The third-order valence-electron chi connectivity index (χ3n) is 0.844. The van der Waals surface area contributed by atoms with Crippen LogP contribution in [0.15, 0.2) is 17.3 Å². The van der Waals surface area contributed by atoms with Crippen molar-refractivity contribution in [2.45, 2.75) is 6.92 Å². The Balaban J connectivity index is 4.09. The molecule has 0 aromatic carbocycles. The van der Waals surface area contributed by atoms with Crippen molar-refractivity contribution in [1.29, 1.82) is 0 Å². The van der Waals surface area contributed by atoms with Crippen LogP contribution in [0.25, 0.3) is 0 Å². The summed E-state index contributed by atoms with van der Waals surface area (Å²) in [6, 6.07) is -0.187. The van der Waals surface area contributed by atoms with Crippen molar-refractivity contribution in [1.82, 2.24) is 5.01 Å². The van der Waals surface area contributed by atoms with Crippen molar-refractivity contribution >= 4 is 12.0 Å². The number of hydrogen-bond acceptors (Lipinski definition) is 4. The highest BCUT2D eigenvalue weighted by molar-refractivity contribution is 5.95. The third-order valence-corrected chi connectivity index (χ3v) is 0.844. The lowest BCUT2D eigenvalue weighted by Crippen LogP contribution is -2.24. The van der Waals surface area contributed by atoms with Gasteiger partial charge in [-0.15, -0.1) is 5.10 Å². The number of hydrogen-bond donors (Lipinski definition) is 1. The summed E-state index contributed by atoms with van der Waals surface area (Å²) in [6.45, 7) is 4.92. The molecule has 2 N–H and O–H groups in total. The number of nitrogens with two attached hydrogens (primary N) is 1. The molecule has 0 saturated carbocycles. The highest BCUT2D eigenvalue weighted by Crippen LogP contribution is 1.91. The monoisotopic (exact) mass is 171 g/mol. The van der Waals surface area contributed by atoms with E-state index in [0.717, 1.165) is 0 Å². The lowest BCUT2D eigenvalue weighted by Gasteiger charge is -2.06. The summed E-state index contributed by atoms with van der Waals surface area (Å²) in [6.07, 6.45) is 0. The van der Waals surface area contributed by atoms with Gasteiger partial charge in [-0.05, 0) is 6.92 Å². The Kier molecular flexibility index (Phi) is 3.82. The average molecular weight is 171 g/mol. The quantitative estimate of drug-likeness (QED) is 0.207. The first-order chi connectivity index (χ1) is 5.43. The second-order valence-corrected chi connectivity index (χ2v) is 2.46. The van der Waals surface area contributed by atoms with E-state index in [2.05, 4.69) is 16.4 Å². The number of carbonyl (C=O) groups excluding carboxylic acids is 1. The Bertz CT molecular complexity index is 221. The van der Waals surface area contributed by atoms with Gasteiger partial charge in [0.1, 0.15) is 0 Å². The van der Waals surface area contributed by atoms with Crippen LogP contribution in [-0.4, -0.2) is 31.1 Å². The topological polar surface area (TPSA) is 67.9 Å². The SMILES string of the molecule is C=C(C)C(=O)O/C(N)=N\N(C)C. The van der Waals surface area contributed by atoms with E-state index in [-0.39, 0.29) is 11.6 Å². The maximum atomic E-state index is 10.8. The summed E-state index contributed by atoms with van der Waals surface area (Å²) in [5.74, 6) is -0.571. The molecule has 0 amide bonds. The van der Waals surface area contributed by atoms with Gasteiger partial charge in [-0.25, -0.2) is 4.79 Å². The molecule has 0 bridgehead atoms. The Hall–Kier alpha value is -1.52. The third kappa shape index (κ3) is 4.32. The lowest BCUT2D eigenvalue weighted by atomic mass is 10.4. The number of rotatable bonds is 2. The van der Waals surface area contributed by atoms with Crippen LogP contribution in [0.5, 0.6) is 0 Å². The molecule has 68 valence electrons. The molecule has 12 heavy (non-hydrogen) atoms. The second-order valence-electron chi connectivity index (χ2n) is 2.46. The molecule has 0 atom stereocenters. The van der Waals surface area contributed by atoms with Gasteiger partial charge in [-0.2, -0.15) is 0 Å². The van der Waals surface area contributed by atoms with Gasteiger partial charge in [-0.3, -0.25) is 5.01 Å². The standard InChI is InChI=1S/C7H13N3O2/c1-5(2)6(11)12-7(8)9-10(3)4/h1H2,2-4H3,(H2,8,9). The fraction of sp³-hybridized carbons (Fsp3) is 0.429. The lowest BCUT2D eigenvalue weighted by molar-refractivity contribution is -0.131. The van der Waals surface area contributed by atoms with E-state index in [1.165, 1.54) is 11.9 Å². The minimum Gasteiger partial charge on any atom is -0.388 e. The van der Waals surface area contributed by atoms with Crippen LogP contribution in [0.2, 0.25) is 0 Å². The summed E-state index contributed by atoms with van der Waals surface area (Å²) < 4.78 is 4.57. The normalized spacial score (nSPS) is 10.8. The van der Waals surface area contributed by atoms with Crippen molar-refractivity contribution in [3.05, 3.63) is 12.2 Å². The Labute approximate surface area is 71.5 Å². The zero-order valence-electron chi connectivity index (χ0n) is 7.50. The maximum Gasteiger partial charge on any atom is 0.340 e. The van der Waals surface area contributed by atoms with Crippen molar-refractivity contribution in [2.24, 2.45) is 10.8 Å². The van der Waals surface area contributed by atoms with Crippen LogP contribution < -0.4 is 5.73 Å². The van der Waals surface area contributed by atoms with Crippen molar-refractivity contribution < 1.29 is 9.53 Å². The molecule has 0 aliphatic rings. The van der Waals surface area contributed by atoms with E-state index in [9.17, 15) is 4.79 Å². The predicted molar refractivity (Wildman–Crippen MR) is 46.2 cm³/mol. The molecule has 5 heteroatoms. The van der Waals surface area contributed by atoms with Gasteiger partial charge < -0.3 is 10.5 Å². The van der Waals surface area contributed by atoms with Gasteiger partial charge in [0.15, 0.2) is 0 Å². The van der Waals surface area contributed by atoms with Gasteiger partial charge in [0.2, 0.25) is 0 Å². The van der Waals surface area contributed by atoms with Crippen LogP contribution >= 0.6 is 0 Å². The molecule has 0 saturated heterocycles. The molecule has 0 unspecified atom stereocenters. The van der Waals surface area contributed by atoms with Crippen LogP contribution in [0.1, 0.15) is 6.92 Å². The summed E-state index contributed by atoms with van der Waals surface area (Å²) >= 11 is 0. The van der Waals surface area contributed by atoms with E-state index in [1.807, 2.05) is 0 Å². The number of amidine groups is 1. The summed E-state index contributed by atoms with van der Waals surface area (Å²) in [4.78, 5) is 10.8. The highest BCUT2D eigenvalue weighted by Gasteiger charge is 2.05. The largest absolute Gasteiger partial charge is 0.388 e. The van der Waals surface area contributed by atoms with E-state index in [4.69, 9.17) is 5.73 Å². The first-order valence-corrected chi connectivity index (χ1v) is 3.32. The first kappa shape index (κ1) is 10.5. The molecule has 0 aliphatic carbocycles. The van der Waals surface area contributed by atoms with Gasteiger partial charge in [0, 0.05) is 19.7 Å².